The maximum Gasteiger partial charge on any atom is 0.0605 e. The number of hydrogen-bond acceptors (Lipinski definition) is 3. The Morgan fingerprint density at radius 2 is 1.75 bits per heavy atom. The second-order valence-corrected chi connectivity index (χ2v) is 4.37. The Morgan fingerprint density at radius 3 is 2.17 bits per heavy atom. The van der Waals surface area contributed by atoms with E-state index in [1.165, 1.54) is 0 Å². The van der Waals surface area contributed by atoms with Crippen LogP contribution in [0.3, 0.4) is 0 Å². The van der Waals surface area contributed by atoms with Gasteiger partial charge in [-0.15, -0.1) is 0 Å². The second-order valence-electron chi connectivity index (χ2n) is 4.37. The van der Waals surface area contributed by atoms with Crippen molar-refractivity contribution in [1.29, 1.82) is 0 Å². The number of rotatable bonds is 2. The van der Waals surface area contributed by atoms with Crippen LogP contribution in [0.1, 0.15) is 39.5 Å². The maximum absolute atomic E-state index is 9.27. The van der Waals surface area contributed by atoms with Crippen LogP contribution in [0.4, 0.5) is 0 Å². The fourth-order valence-electron chi connectivity index (χ4n) is 1.75. The van der Waals surface area contributed by atoms with E-state index >= 15 is 0 Å². The third kappa shape index (κ3) is 3.52. The first-order valence-corrected chi connectivity index (χ1v) is 4.72. The molecule has 72 valence electrons. The van der Waals surface area contributed by atoms with E-state index in [4.69, 9.17) is 5.73 Å². The van der Waals surface area contributed by atoms with Gasteiger partial charge in [-0.25, -0.2) is 0 Å². The minimum atomic E-state index is -0.285. The van der Waals surface area contributed by atoms with Crippen LogP contribution in [0.5, 0.6) is 0 Å². The van der Waals surface area contributed by atoms with Crippen molar-refractivity contribution >= 4 is 0 Å². The van der Waals surface area contributed by atoms with Gasteiger partial charge in [0.2, 0.25) is 0 Å². The number of nitrogens with one attached hydrogen (secondary N) is 1. The van der Waals surface area contributed by atoms with Gasteiger partial charge in [-0.05, 0) is 39.5 Å². The van der Waals surface area contributed by atoms with E-state index in [0.717, 1.165) is 25.7 Å². The van der Waals surface area contributed by atoms with Crippen molar-refractivity contribution in [1.82, 2.24) is 5.32 Å². The van der Waals surface area contributed by atoms with Crippen LogP contribution in [0, 0.1) is 0 Å². The molecule has 0 unspecified atom stereocenters. The summed E-state index contributed by atoms with van der Waals surface area (Å²) in [6.07, 6.45) is 3.83. The number of aliphatic hydroxyl groups is 1. The lowest BCUT2D eigenvalue weighted by atomic mass is 9.92. The van der Waals surface area contributed by atoms with E-state index in [0.29, 0.717) is 6.04 Å². The van der Waals surface area contributed by atoms with E-state index in [1.807, 2.05) is 13.8 Å². The zero-order valence-corrected chi connectivity index (χ0v) is 8.01. The Balaban J connectivity index is 2.26. The average molecular weight is 172 g/mol. The number of nitrogens with two attached hydrogens (primary N) is 1. The monoisotopic (exact) mass is 172 g/mol. The highest BCUT2D eigenvalue weighted by Gasteiger charge is 2.22. The standard InChI is InChI=1S/C9H20N2O/c1-9(2,10)11-7-3-5-8(12)6-4-7/h7-8,11-12H,3-6,10H2,1-2H3. The lowest BCUT2D eigenvalue weighted by Crippen LogP contribution is -2.53. The maximum atomic E-state index is 9.27. The molecule has 0 saturated heterocycles. The minimum Gasteiger partial charge on any atom is -0.393 e. The third-order valence-corrected chi connectivity index (χ3v) is 2.27. The minimum absolute atomic E-state index is 0.0797. The van der Waals surface area contributed by atoms with Gasteiger partial charge in [-0.1, -0.05) is 0 Å². The first-order valence-electron chi connectivity index (χ1n) is 4.72. The van der Waals surface area contributed by atoms with Crippen molar-refractivity contribution in [3.8, 4) is 0 Å². The van der Waals surface area contributed by atoms with Gasteiger partial charge in [0, 0.05) is 6.04 Å². The molecule has 1 fully saturated rings. The van der Waals surface area contributed by atoms with Crippen LogP contribution in [0.25, 0.3) is 0 Å². The summed E-state index contributed by atoms with van der Waals surface area (Å²) in [5.41, 5.74) is 5.54. The third-order valence-electron chi connectivity index (χ3n) is 2.27. The fourth-order valence-corrected chi connectivity index (χ4v) is 1.75. The molecule has 0 heterocycles. The molecule has 0 aromatic carbocycles. The van der Waals surface area contributed by atoms with Gasteiger partial charge >= 0.3 is 0 Å². The largest absolute Gasteiger partial charge is 0.393 e. The lowest BCUT2D eigenvalue weighted by molar-refractivity contribution is 0.110. The van der Waals surface area contributed by atoms with Gasteiger partial charge in [0.1, 0.15) is 0 Å². The van der Waals surface area contributed by atoms with E-state index in [-0.39, 0.29) is 11.8 Å². The van der Waals surface area contributed by atoms with Crippen LogP contribution >= 0.6 is 0 Å². The molecule has 12 heavy (non-hydrogen) atoms. The molecule has 1 aliphatic carbocycles. The van der Waals surface area contributed by atoms with E-state index < -0.39 is 0 Å². The summed E-state index contributed by atoms with van der Waals surface area (Å²) in [4.78, 5) is 0. The molecule has 3 nitrogen and oxygen atoms in total. The molecular weight excluding hydrogens is 152 g/mol. The van der Waals surface area contributed by atoms with Gasteiger partial charge in [0.15, 0.2) is 0 Å². The van der Waals surface area contributed by atoms with Gasteiger partial charge in [-0.3, -0.25) is 5.32 Å². The molecule has 0 spiro atoms. The van der Waals surface area contributed by atoms with Crippen molar-refractivity contribution in [2.45, 2.75) is 57.3 Å². The van der Waals surface area contributed by atoms with E-state index in [2.05, 4.69) is 5.32 Å². The molecule has 0 amide bonds. The Morgan fingerprint density at radius 1 is 1.25 bits per heavy atom. The normalized spacial score (nSPS) is 32.0. The molecule has 0 aliphatic heterocycles. The summed E-state index contributed by atoms with van der Waals surface area (Å²) >= 11 is 0. The smallest absolute Gasteiger partial charge is 0.0605 e. The highest BCUT2D eigenvalue weighted by Crippen LogP contribution is 2.19. The molecular formula is C9H20N2O. The van der Waals surface area contributed by atoms with Crippen LogP contribution in [-0.4, -0.2) is 22.9 Å². The quantitative estimate of drug-likeness (QED) is 0.534. The van der Waals surface area contributed by atoms with Gasteiger partial charge < -0.3 is 10.8 Å². The Bertz CT molecular complexity index is 134. The van der Waals surface area contributed by atoms with Gasteiger partial charge in [0.25, 0.3) is 0 Å². The molecule has 1 aliphatic rings. The van der Waals surface area contributed by atoms with E-state index in [1.54, 1.807) is 0 Å². The highest BCUT2D eigenvalue weighted by atomic mass is 16.3. The molecule has 0 bridgehead atoms. The molecule has 1 saturated carbocycles. The number of hydrogen-bond donors (Lipinski definition) is 3. The van der Waals surface area contributed by atoms with Crippen molar-refractivity contribution in [3.05, 3.63) is 0 Å². The lowest BCUT2D eigenvalue weighted by Gasteiger charge is -2.32. The average Bonchev–Trinajstić information content (AvgIpc) is 1.91. The SMILES string of the molecule is CC(C)(N)NC1CCC(O)CC1. The first-order chi connectivity index (χ1) is 5.47. The summed E-state index contributed by atoms with van der Waals surface area (Å²) in [5, 5.41) is 12.6. The molecule has 1 rings (SSSR count). The van der Waals surface area contributed by atoms with Crippen LogP contribution in [-0.2, 0) is 0 Å². The molecule has 0 radical (unpaired) electrons. The van der Waals surface area contributed by atoms with Gasteiger partial charge in [-0.2, -0.15) is 0 Å². The summed E-state index contributed by atoms with van der Waals surface area (Å²) < 4.78 is 0. The molecule has 0 aromatic heterocycles. The van der Waals surface area contributed by atoms with E-state index in [9.17, 15) is 5.11 Å². The zero-order chi connectivity index (χ0) is 9.19. The molecule has 0 aromatic rings. The zero-order valence-electron chi connectivity index (χ0n) is 8.01. The molecule has 4 N–H and O–H groups in total. The predicted octanol–water partition coefficient (Wildman–Crippen LogP) is 0.574. The predicted molar refractivity (Wildman–Crippen MR) is 49.7 cm³/mol. The Labute approximate surface area is 74.3 Å². The summed E-state index contributed by atoms with van der Waals surface area (Å²) in [6, 6.07) is 0.494. The summed E-state index contributed by atoms with van der Waals surface area (Å²) in [7, 11) is 0. The van der Waals surface area contributed by atoms with Crippen molar-refractivity contribution in [3.63, 3.8) is 0 Å². The fraction of sp³-hybridized carbons (Fsp3) is 1.00. The van der Waals surface area contributed by atoms with Crippen molar-refractivity contribution in [2.75, 3.05) is 0 Å². The summed E-state index contributed by atoms with van der Waals surface area (Å²) in [6.45, 7) is 3.94. The second kappa shape index (κ2) is 3.73. The van der Waals surface area contributed by atoms with Crippen LogP contribution < -0.4 is 11.1 Å². The molecule has 0 atom stereocenters. The topological polar surface area (TPSA) is 58.3 Å². The first kappa shape index (κ1) is 9.96. The Kier molecular flexibility index (Phi) is 3.09. The van der Waals surface area contributed by atoms with Gasteiger partial charge in [0.05, 0.1) is 11.8 Å². The van der Waals surface area contributed by atoms with Crippen LogP contribution in [0.15, 0.2) is 0 Å². The van der Waals surface area contributed by atoms with Crippen LogP contribution in [0.2, 0.25) is 0 Å². The Hall–Kier alpha value is -0.120. The van der Waals surface area contributed by atoms with Crippen molar-refractivity contribution < 1.29 is 5.11 Å². The summed E-state index contributed by atoms with van der Waals surface area (Å²) in [5.74, 6) is 0. The molecule has 3 heteroatoms. The van der Waals surface area contributed by atoms with Crippen molar-refractivity contribution in [2.24, 2.45) is 5.73 Å². The highest BCUT2D eigenvalue weighted by molar-refractivity contribution is 4.81. The number of aliphatic hydroxyl groups excluding tert-OH is 1.